The molecule has 170 valence electrons. The zero-order valence-corrected chi connectivity index (χ0v) is 20.0. The van der Waals surface area contributed by atoms with E-state index in [4.69, 9.17) is 0 Å². The smallest absolute Gasteiger partial charge is 0.134 e. The molecule has 0 heterocycles. The maximum Gasteiger partial charge on any atom is 0.134 e. The van der Waals surface area contributed by atoms with Gasteiger partial charge in [0.15, 0.2) is 0 Å². The number of halogens is 1. The molecule has 0 spiro atoms. The number of allylic oxidation sites excluding steroid dienone is 2. The van der Waals surface area contributed by atoms with Crippen LogP contribution in [0.4, 0.5) is 4.39 Å². The molecule has 1 fully saturated rings. The van der Waals surface area contributed by atoms with Gasteiger partial charge in [-0.1, -0.05) is 86.9 Å². The molecule has 0 nitrogen and oxygen atoms in total. The first-order valence-corrected chi connectivity index (χ1v) is 12.6. The normalized spacial score (nSPS) is 18.4. The Kier molecular flexibility index (Phi) is 8.01. The van der Waals surface area contributed by atoms with Gasteiger partial charge >= 0.3 is 0 Å². The van der Waals surface area contributed by atoms with Gasteiger partial charge in [0.25, 0.3) is 0 Å². The highest BCUT2D eigenvalue weighted by Gasteiger charge is 2.18. The Balaban J connectivity index is 1.42. The highest BCUT2D eigenvalue weighted by molar-refractivity contribution is 5.85. The average Bonchev–Trinajstić information content (AvgIpc) is 2.84. The SMILES string of the molecule is C/C=C/CCc1ccc(C#Cc2ccc3c(F)c(CCC4CCC(C)CC4)ccc3c2)cc1. The van der Waals surface area contributed by atoms with Crippen LogP contribution >= 0.6 is 0 Å². The van der Waals surface area contributed by atoms with E-state index in [9.17, 15) is 0 Å². The average molecular weight is 439 g/mol. The second-order valence-electron chi connectivity index (χ2n) is 9.69. The summed E-state index contributed by atoms with van der Waals surface area (Å²) in [5.41, 5.74) is 4.11. The lowest BCUT2D eigenvalue weighted by Crippen LogP contribution is -2.13. The number of hydrogen-bond donors (Lipinski definition) is 0. The summed E-state index contributed by atoms with van der Waals surface area (Å²) in [6.45, 7) is 4.40. The molecule has 0 radical (unpaired) electrons. The van der Waals surface area contributed by atoms with E-state index in [0.717, 1.165) is 59.6 Å². The molecule has 1 heteroatoms. The van der Waals surface area contributed by atoms with Gasteiger partial charge in [-0.3, -0.25) is 0 Å². The topological polar surface area (TPSA) is 0 Å². The van der Waals surface area contributed by atoms with E-state index >= 15 is 4.39 Å². The summed E-state index contributed by atoms with van der Waals surface area (Å²) in [6.07, 6.45) is 13.6. The van der Waals surface area contributed by atoms with Gasteiger partial charge < -0.3 is 0 Å². The van der Waals surface area contributed by atoms with E-state index in [0.29, 0.717) is 5.39 Å². The van der Waals surface area contributed by atoms with E-state index in [1.807, 2.05) is 24.3 Å². The van der Waals surface area contributed by atoms with Crippen LogP contribution in [0.1, 0.15) is 74.6 Å². The lowest BCUT2D eigenvalue weighted by atomic mass is 9.80. The third-order valence-corrected chi connectivity index (χ3v) is 7.13. The number of rotatable bonds is 6. The minimum atomic E-state index is -0.0512. The molecule has 1 saturated carbocycles. The van der Waals surface area contributed by atoms with Crippen molar-refractivity contribution in [1.82, 2.24) is 0 Å². The molecule has 4 rings (SSSR count). The van der Waals surface area contributed by atoms with Crippen molar-refractivity contribution in [2.75, 3.05) is 0 Å². The Morgan fingerprint density at radius 3 is 2.36 bits per heavy atom. The van der Waals surface area contributed by atoms with Crippen LogP contribution in [-0.2, 0) is 12.8 Å². The lowest BCUT2D eigenvalue weighted by molar-refractivity contribution is 0.277. The summed E-state index contributed by atoms with van der Waals surface area (Å²) in [6, 6.07) is 18.3. The van der Waals surface area contributed by atoms with Crippen LogP contribution in [0.2, 0.25) is 0 Å². The van der Waals surface area contributed by atoms with Crippen LogP contribution in [0.25, 0.3) is 10.8 Å². The third kappa shape index (κ3) is 6.35. The Morgan fingerprint density at radius 1 is 0.879 bits per heavy atom. The maximum atomic E-state index is 15.2. The minimum Gasteiger partial charge on any atom is -0.206 e. The van der Waals surface area contributed by atoms with Crippen molar-refractivity contribution in [2.24, 2.45) is 11.8 Å². The quantitative estimate of drug-likeness (QED) is 0.267. The van der Waals surface area contributed by atoms with Crippen LogP contribution in [0.15, 0.2) is 66.7 Å². The third-order valence-electron chi connectivity index (χ3n) is 7.13. The fraction of sp³-hybridized carbons (Fsp3) is 0.375. The Bertz CT molecular complexity index is 1150. The zero-order valence-electron chi connectivity index (χ0n) is 20.0. The monoisotopic (exact) mass is 438 g/mol. The van der Waals surface area contributed by atoms with E-state index < -0.39 is 0 Å². The van der Waals surface area contributed by atoms with Crippen molar-refractivity contribution >= 4 is 10.8 Å². The number of aryl methyl sites for hydroxylation is 2. The second kappa shape index (κ2) is 11.3. The molecule has 0 amide bonds. The van der Waals surface area contributed by atoms with Gasteiger partial charge in [0.1, 0.15) is 5.82 Å². The molecule has 33 heavy (non-hydrogen) atoms. The molecule has 3 aromatic rings. The summed E-state index contributed by atoms with van der Waals surface area (Å²) in [4.78, 5) is 0. The van der Waals surface area contributed by atoms with E-state index in [2.05, 4.69) is 68.2 Å². The molecular formula is C32H35F. The predicted molar refractivity (Wildman–Crippen MR) is 139 cm³/mol. The number of fused-ring (bicyclic) bond motifs is 1. The summed E-state index contributed by atoms with van der Waals surface area (Å²) < 4.78 is 15.2. The van der Waals surface area contributed by atoms with Gasteiger partial charge in [0, 0.05) is 16.5 Å². The van der Waals surface area contributed by atoms with Crippen LogP contribution in [0.5, 0.6) is 0 Å². The van der Waals surface area contributed by atoms with Gasteiger partial charge in [0.05, 0.1) is 0 Å². The molecule has 0 N–H and O–H groups in total. The van der Waals surface area contributed by atoms with E-state index in [-0.39, 0.29) is 5.82 Å². The summed E-state index contributed by atoms with van der Waals surface area (Å²) in [5.74, 6) is 8.07. The number of hydrogen-bond acceptors (Lipinski definition) is 0. The lowest BCUT2D eigenvalue weighted by Gasteiger charge is -2.26. The van der Waals surface area contributed by atoms with Crippen LogP contribution < -0.4 is 0 Å². The Hall–Kier alpha value is -2.85. The Labute approximate surface area is 198 Å². The molecule has 1 aliphatic carbocycles. The zero-order chi connectivity index (χ0) is 23.0. The molecule has 0 atom stereocenters. The molecule has 0 aromatic heterocycles. The first-order valence-electron chi connectivity index (χ1n) is 12.6. The van der Waals surface area contributed by atoms with Gasteiger partial charge in [0.2, 0.25) is 0 Å². The van der Waals surface area contributed by atoms with Gasteiger partial charge in [-0.2, -0.15) is 0 Å². The largest absolute Gasteiger partial charge is 0.206 e. The molecule has 0 bridgehead atoms. The van der Waals surface area contributed by atoms with Gasteiger partial charge in [-0.05, 0) is 85.2 Å². The highest BCUT2D eigenvalue weighted by Crippen LogP contribution is 2.32. The first-order chi connectivity index (χ1) is 16.1. The van der Waals surface area contributed by atoms with Crippen molar-refractivity contribution in [3.63, 3.8) is 0 Å². The molecule has 0 unspecified atom stereocenters. The summed E-state index contributed by atoms with van der Waals surface area (Å²) in [7, 11) is 0. The fourth-order valence-electron chi connectivity index (χ4n) is 4.90. The highest BCUT2D eigenvalue weighted by atomic mass is 19.1. The van der Waals surface area contributed by atoms with E-state index in [1.165, 1.54) is 31.2 Å². The molecular weight excluding hydrogens is 403 g/mol. The van der Waals surface area contributed by atoms with Crippen molar-refractivity contribution in [3.05, 3.63) is 94.8 Å². The summed E-state index contributed by atoms with van der Waals surface area (Å²) in [5, 5.41) is 1.63. The minimum absolute atomic E-state index is 0.0512. The summed E-state index contributed by atoms with van der Waals surface area (Å²) >= 11 is 0. The van der Waals surface area contributed by atoms with Crippen LogP contribution in [0, 0.1) is 29.5 Å². The molecule has 0 saturated heterocycles. The van der Waals surface area contributed by atoms with Crippen molar-refractivity contribution in [2.45, 2.75) is 65.2 Å². The standard InChI is InChI=1S/C32H35F/c1-3-4-5-6-25-11-13-27(14-12-25)15-16-28-18-22-31-30(23-28)21-20-29(32(31)33)19-17-26-9-7-24(2)8-10-26/h3-4,11-14,18,20-24,26H,5-10,17,19H2,1-2H3/b4-3+. The second-order valence-corrected chi connectivity index (χ2v) is 9.69. The first kappa shape index (κ1) is 23.3. The van der Waals surface area contributed by atoms with Crippen molar-refractivity contribution < 1.29 is 4.39 Å². The van der Waals surface area contributed by atoms with Crippen LogP contribution in [-0.4, -0.2) is 0 Å². The van der Waals surface area contributed by atoms with Crippen molar-refractivity contribution in [3.8, 4) is 11.8 Å². The Morgan fingerprint density at radius 2 is 1.61 bits per heavy atom. The molecule has 3 aromatic carbocycles. The maximum absolute atomic E-state index is 15.2. The molecule has 1 aliphatic rings. The van der Waals surface area contributed by atoms with Crippen molar-refractivity contribution in [1.29, 1.82) is 0 Å². The predicted octanol–water partition coefficient (Wildman–Crippen LogP) is 8.65. The van der Waals surface area contributed by atoms with Gasteiger partial charge in [-0.25, -0.2) is 4.39 Å². The molecule has 0 aliphatic heterocycles. The fourth-order valence-corrected chi connectivity index (χ4v) is 4.90. The number of benzene rings is 3. The van der Waals surface area contributed by atoms with E-state index in [1.54, 1.807) is 0 Å². The van der Waals surface area contributed by atoms with Gasteiger partial charge in [-0.15, -0.1) is 0 Å². The van der Waals surface area contributed by atoms with Crippen LogP contribution in [0.3, 0.4) is 0 Å².